The number of benzene rings is 1. The lowest BCUT2D eigenvalue weighted by Gasteiger charge is -2.23. The topological polar surface area (TPSA) is 80.3 Å². The van der Waals surface area contributed by atoms with E-state index in [1.165, 1.54) is 18.2 Å². The molecule has 0 saturated heterocycles. The number of halogens is 1. The zero-order valence-electron chi connectivity index (χ0n) is 11.7. The summed E-state index contributed by atoms with van der Waals surface area (Å²) in [7, 11) is -1.98. The lowest BCUT2D eigenvalue weighted by Crippen LogP contribution is -2.29. The summed E-state index contributed by atoms with van der Waals surface area (Å²) in [6.07, 6.45) is 4.26. The van der Waals surface area contributed by atoms with Gasteiger partial charge in [-0.25, -0.2) is 16.8 Å². The second-order valence-electron chi connectivity index (χ2n) is 5.32. The predicted molar refractivity (Wildman–Crippen MR) is 83.6 cm³/mol. The molecule has 0 aromatic heterocycles. The molecule has 1 aliphatic carbocycles. The maximum atomic E-state index is 12.3. The Morgan fingerprint density at radius 2 is 1.71 bits per heavy atom. The monoisotopic (exact) mass is 351 g/mol. The van der Waals surface area contributed by atoms with Crippen LogP contribution in [0.2, 0.25) is 0 Å². The van der Waals surface area contributed by atoms with Crippen LogP contribution in [0.1, 0.15) is 37.7 Å². The number of aryl methyl sites for hydroxylation is 1. The van der Waals surface area contributed by atoms with Crippen LogP contribution in [0.4, 0.5) is 5.69 Å². The average Bonchev–Trinajstić information content (AvgIpc) is 2.41. The molecule has 2 rings (SSSR count). The molecule has 1 fully saturated rings. The predicted octanol–water partition coefficient (Wildman–Crippen LogP) is 3.00. The third-order valence-electron chi connectivity index (χ3n) is 3.72. The molecular weight excluding hydrogens is 334 g/mol. The van der Waals surface area contributed by atoms with E-state index >= 15 is 0 Å². The van der Waals surface area contributed by atoms with Crippen LogP contribution >= 0.6 is 10.7 Å². The molecule has 8 heteroatoms. The van der Waals surface area contributed by atoms with Crippen molar-refractivity contribution in [3.05, 3.63) is 23.8 Å². The molecule has 1 aromatic carbocycles. The second kappa shape index (κ2) is 6.14. The molecular formula is C13H18ClNO4S2. The summed E-state index contributed by atoms with van der Waals surface area (Å²) < 4.78 is 49.7. The van der Waals surface area contributed by atoms with Crippen molar-refractivity contribution >= 4 is 35.4 Å². The smallest absolute Gasteiger partial charge is 0.261 e. The Labute approximate surface area is 130 Å². The van der Waals surface area contributed by atoms with E-state index < -0.39 is 19.1 Å². The Balaban J connectivity index is 2.23. The number of sulfonamides is 1. The van der Waals surface area contributed by atoms with Gasteiger partial charge in [-0.1, -0.05) is 19.3 Å². The van der Waals surface area contributed by atoms with Gasteiger partial charge in [-0.2, -0.15) is 0 Å². The minimum Gasteiger partial charge on any atom is -0.283 e. The Morgan fingerprint density at radius 3 is 2.24 bits per heavy atom. The van der Waals surface area contributed by atoms with E-state index in [1.807, 2.05) is 0 Å². The Hall–Kier alpha value is -0.790. The lowest BCUT2D eigenvalue weighted by molar-refractivity contribution is 0.486. The highest BCUT2D eigenvalue weighted by atomic mass is 35.7. The molecule has 0 unspecified atom stereocenters. The zero-order valence-corrected chi connectivity index (χ0v) is 14.1. The van der Waals surface area contributed by atoms with Crippen LogP contribution in [0.5, 0.6) is 0 Å². The maximum absolute atomic E-state index is 12.3. The minimum absolute atomic E-state index is 0.0396. The third kappa shape index (κ3) is 4.11. The summed E-state index contributed by atoms with van der Waals surface area (Å²) in [5.41, 5.74) is 0.917. The molecule has 1 aromatic rings. The molecule has 0 radical (unpaired) electrons. The highest BCUT2D eigenvalue weighted by molar-refractivity contribution is 8.13. The van der Waals surface area contributed by atoms with Gasteiger partial charge in [-0.15, -0.1) is 0 Å². The van der Waals surface area contributed by atoms with E-state index in [2.05, 4.69) is 4.72 Å². The molecule has 1 N–H and O–H groups in total. The van der Waals surface area contributed by atoms with Gasteiger partial charge < -0.3 is 0 Å². The number of hydrogen-bond acceptors (Lipinski definition) is 4. The number of nitrogens with one attached hydrogen (secondary N) is 1. The fourth-order valence-electron chi connectivity index (χ4n) is 2.51. The Morgan fingerprint density at radius 1 is 1.10 bits per heavy atom. The van der Waals surface area contributed by atoms with Gasteiger partial charge >= 0.3 is 0 Å². The third-order valence-corrected chi connectivity index (χ3v) is 6.93. The first-order valence-corrected chi connectivity index (χ1v) is 10.6. The summed E-state index contributed by atoms with van der Waals surface area (Å²) >= 11 is 0. The van der Waals surface area contributed by atoms with E-state index in [9.17, 15) is 16.8 Å². The molecule has 1 aliphatic rings. The largest absolute Gasteiger partial charge is 0.283 e. The van der Waals surface area contributed by atoms with Gasteiger partial charge in [-0.3, -0.25) is 4.72 Å². The molecule has 0 bridgehead atoms. The van der Waals surface area contributed by atoms with Crippen molar-refractivity contribution in [2.24, 2.45) is 0 Å². The van der Waals surface area contributed by atoms with E-state index in [1.54, 1.807) is 6.92 Å². The fraction of sp³-hybridized carbons (Fsp3) is 0.538. The van der Waals surface area contributed by atoms with Crippen LogP contribution in [-0.2, 0) is 19.1 Å². The number of hydrogen-bond donors (Lipinski definition) is 1. The first-order chi connectivity index (χ1) is 9.70. The minimum atomic E-state index is -3.81. The van der Waals surface area contributed by atoms with E-state index in [0.717, 1.165) is 19.3 Å². The normalized spacial score (nSPS) is 17.6. The molecule has 0 amide bonds. The van der Waals surface area contributed by atoms with Crippen LogP contribution in [0.3, 0.4) is 0 Å². The first-order valence-electron chi connectivity index (χ1n) is 6.77. The summed E-state index contributed by atoms with van der Waals surface area (Å²) in [5, 5.41) is -0.373. The summed E-state index contributed by atoms with van der Waals surface area (Å²) in [5.74, 6) is 0. The molecule has 0 atom stereocenters. The van der Waals surface area contributed by atoms with Gasteiger partial charge in [0.1, 0.15) is 0 Å². The maximum Gasteiger partial charge on any atom is 0.261 e. The van der Waals surface area contributed by atoms with Crippen molar-refractivity contribution in [2.75, 3.05) is 4.72 Å². The van der Waals surface area contributed by atoms with Crippen LogP contribution < -0.4 is 4.72 Å². The summed E-state index contributed by atoms with van der Waals surface area (Å²) in [4.78, 5) is -0.0396. The first kappa shape index (κ1) is 16.6. The van der Waals surface area contributed by atoms with Gasteiger partial charge in [0.2, 0.25) is 10.0 Å². The van der Waals surface area contributed by atoms with Crippen molar-refractivity contribution < 1.29 is 16.8 Å². The SMILES string of the molecule is Cc1cc(S(=O)(=O)Cl)ccc1NS(=O)(=O)C1CCCCC1. The summed E-state index contributed by atoms with van der Waals surface area (Å²) in [6.45, 7) is 1.64. The van der Waals surface area contributed by atoms with Crippen molar-refractivity contribution in [3.63, 3.8) is 0 Å². The van der Waals surface area contributed by atoms with Gasteiger partial charge in [0.25, 0.3) is 9.05 Å². The number of rotatable bonds is 4. The van der Waals surface area contributed by atoms with E-state index in [0.29, 0.717) is 24.1 Å². The zero-order chi connectivity index (χ0) is 15.7. The van der Waals surface area contributed by atoms with Crippen molar-refractivity contribution in [1.29, 1.82) is 0 Å². The van der Waals surface area contributed by atoms with Crippen LogP contribution in [-0.4, -0.2) is 22.1 Å². The Kier molecular flexibility index (Phi) is 4.85. The van der Waals surface area contributed by atoms with E-state index in [-0.39, 0.29) is 10.1 Å². The highest BCUT2D eigenvalue weighted by Gasteiger charge is 2.27. The standard InChI is InChI=1S/C13H18ClNO4S2/c1-10-9-12(20(14,16)17)7-8-13(10)15-21(18,19)11-5-3-2-4-6-11/h7-9,11,15H,2-6H2,1H3. The average molecular weight is 352 g/mol. The lowest BCUT2D eigenvalue weighted by atomic mass is 10.0. The number of anilines is 1. The molecule has 118 valence electrons. The highest BCUT2D eigenvalue weighted by Crippen LogP contribution is 2.27. The molecule has 0 heterocycles. The van der Waals surface area contributed by atoms with Gasteiger partial charge in [0.05, 0.1) is 15.8 Å². The van der Waals surface area contributed by atoms with Crippen LogP contribution in [0.25, 0.3) is 0 Å². The quantitative estimate of drug-likeness (QED) is 0.845. The fourth-order valence-corrected chi connectivity index (χ4v) is 5.01. The second-order valence-corrected chi connectivity index (χ2v) is 9.85. The Bertz CT molecular complexity index is 723. The van der Waals surface area contributed by atoms with Gasteiger partial charge in [-0.05, 0) is 43.5 Å². The van der Waals surface area contributed by atoms with Crippen LogP contribution in [0.15, 0.2) is 23.1 Å². The van der Waals surface area contributed by atoms with Crippen molar-refractivity contribution in [3.8, 4) is 0 Å². The van der Waals surface area contributed by atoms with Crippen molar-refractivity contribution in [2.45, 2.75) is 49.2 Å². The van der Waals surface area contributed by atoms with Gasteiger partial charge in [0, 0.05) is 10.7 Å². The van der Waals surface area contributed by atoms with Crippen molar-refractivity contribution in [1.82, 2.24) is 0 Å². The van der Waals surface area contributed by atoms with E-state index in [4.69, 9.17) is 10.7 Å². The van der Waals surface area contributed by atoms with Crippen LogP contribution in [0, 0.1) is 6.92 Å². The van der Waals surface area contributed by atoms with Gasteiger partial charge in [0.15, 0.2) is 0 Å². The molecule has 5 nitrogen and oxygen atoms in total. The molecule has 0 spiro atoms. The molecule has 0 aliphatic heterocycles. The molecule has 1 saturated carbocycles. The summed E-state index contributed by atoms with van der Waals surface area (Å²) in [6, 6.07) is 4.10. The molecule has 21 heavy (non-hydrogen) atoms.